The molecule has 100 valence electrons. The summed E-state index contributed by atoms with van der Waals surface area (Å²) in [5.74, 6) is 0. The summed E-state index contributed by atoms with van der Waals surface area (Å²) in [5.41, 5.74) is 0.396. The van der Waals surface area contributed by atoms with Crippen molar-refractivity contribution in [2.75, 3.05) is 13.7 Å². The van der Waals surface area contributed by atoms with Crippen molar-refractivity contribution in [3.63, 3.8) is 0 Å². The molecular formula is C8H10N2O5S3. The normalized spacial score (nSPS) is 18.4. The Kier molecular flexibility index (Phi) is 3.02. The molecule has 0 saturated carbocycles. The second-order valence-electron chi connectivity index (χ2n) is 3.62. The fourth-order valence-corrected chi connectivity index (χ4v) is 5.38. The van der Waals surface area contributed by atoms with Gasteiger partial charge in [-0.1, -0.05) is 0 Å². The largest absolute Gasteiger partial charge is 0.390 e. The Bertz CT molecular complexity index is 729. The van der Waals surface area contributed by atoms with Crippen LogP contribution in [0.15, 0.2) is 20.2 Å². The van der Waals surface area contributed by atoms with Crippen LogP contribution in [0.2, 0.25) is 0 Å². The summed E-state index contributed by atoms with van der Waals surface area (Å²) >= 11 is 0.597. The number of hydrogen-bond acceptors (Lipinski definition) is 6. The lowest BCUT2D eigenvalue weighted by Gasteiger charge is -2.24. The SMILES string of the molecule is CN1C(CO)=Cc2cc(S(N)(=O)=O)sc2S1(=O)=O. The van der Waals surface area contributed by atoms with Crippen LogP contribution in [0, 0.1) is 0 Å². The van der Waals surface area contributed by atoms with E-state index in [4.69, 9.17) is 10.2 Å². The van der Waals surface area contributed by atoms with Crippen LogP contribution in [-0.2, 0) is 20.0 Å². The van der Waals surface area contributed by atoms with Crippen molar-refractivity contribution in [1.29, 1.82) is 0 Å². The molecule has 10 heteroatoms. The molecule has 2 rings (SSSR count). The molecule has 0 radical (unpaired) electrons. The molecule has 0 fully saturated rings. The fourth-order valence-electron chi connectivity index (χ4n) is 1.50. The molecule has 0 bridgehead atoms. The summed E-state index contributed by atoms with van der Waals surface area (Å²) in [4.78, 5) is 0. The zero-order valence-electron chi connectivity index (χ0n) is 9.19. The van der Waals surface area contributed by atoms with Crippen molar-refractivity contribution >= 4 is 37.5 Å². The molecule has 1 aromatic heterocycles. The maximum absolute atomic E-state index is 12.1. The molecule has 0 atom stereocenters. The lowest BCUT2D eigenvalue weighted by Crippen LogP contribution is -2.30. The maximum atomic E-state index is 12.1. The van der Waals surface area contributed by atoms with Gasteiger partial charge in [-0.15, -0.1) is 11.3 Å². The number of fused-ring (bicyclic) bond motifs is 1. The highest BCUT2D eigenvalue weighted by Crippen LogP contribution is 2.37. The third kappa shape index (κ3) is 1.95. The number of aliphatic hydroxyl groups is 1. The van der Waals surface area contributed by atoms with E-state index in [1.54, 1.807) is 0 Å². The quantitative estimate of drug-likeness (QED) is 0.753. The van der Waals surface area contributed by atoms with E-state index in [9.17, 15) is 16.8 Å². The van der Waals surface area contributed by atoms with Gasteiger partial charge in [0.25, 0.3) is 10.0 Å². The van der Waals surface area contributed by atoms with E-state index < -0.39 is 26.7 Å². The average Bonchev–Trinajstić information content (AvgIpc) is 2.68. The van der Waals surface area contributed by atoms with Crippen LogP contribution in [0.4, 0.5) is 0 Å². The molecule has 0 saturated heterocycles. The van der Waals surface area contributed by atoms with Gasteiger partial charge in [0.05, 0.1) is 12.3 Å². The van der Waals surface area contributed by atoms with Crippen molar-refractivity contribution in [3.8, 4) is 0 Å². The van der Waals surface area contributed by atoms with Crippen LogP contribution in [0.25, 0.3) is 6.08 Å². The van der Waals surface area contributed by atoms with Gasteiger partial charge in [0.1, 0.15) is 8.42 Å². The highest BCUT2D eigenvalue weighted by Gasteiger charge is 2.33. The zero-order chi connectivity index (χ0) is 13.7. The number of nitrogens with zero attached hydrogens (tertiary/aromatic N) is 1. The van der Waals surface area contributed by atoms with Gasteiger partial charge in [0.15, 0.2) is 0 Å². The molecule has 3 N–H and O–H groups in total. The lowest BCUT2D eigenvalue weighted by molar-refractivity contribution is 0.306. The molecule has 2 heterocycles. The first-order chi connectivity index (χ1) is 8.17. The Hall–Kier alpha value is -0.940. The molecule has 1 aliphatic heterocycles. The first-order valence-electron chi connectivity index (χ1n) is 4.65. The first-order valence-corrected chi connectivity index (χ1v) is 8.45. The minimum atomic E-state index is -3.94. The molecule has 1 aromatic rings. The van der Waals surface area contributed by atoms with Crippen molar-refractivity contribution in [1.82, 2.24) is 4.31 Å². The monoisotopic (exact) mass is 310 g/mol. The highest BCUT2D eigenvalue weighted by molar-refractivity contribution is 7.94. The zero-order valence-corrected chi connectivity index (χ0v) is 11.6. The number of nitrogens with two attached hydrogens (primary N) is 1. The van der Waals surface area contributed by atoms with Gasteiger partial charge in [-0.05, 0) is 12.1 Å². The Morgan fingerprint density at radius 1 is 1.50 bits per heavy atom. The third-order valence-electron chi connectivity index (χ3n) is 2.47. The number of aliphatic hydroxyl groups excluding tert-OH is 1. The van der Waals surface area contributed by atoms with Crippen LogP contribution in [0.3, 0.4) is 0 Å². The fraction of sp³-hybridized carbons (Fsp3) is 0.250. The van der Waals surface area contributed by atoms with E-state index in [0.717, 1.165) is 4.31 Å². The summed E-state index contributed by atoms with van der Waals surface area (Å²) in [6.45, 7) is -0.463. The third-order valence-corrected chi connectivity index (χ3v) is 7.37. The molecule has 1 aliphatic rings. The number of primary sulfonamides is 1. The van der Waals surface area contributed by atoms with Gasteiger partial charge < -0.3 is 5.11 Å². The Balaban J connectivity index is 2.75. The van der Waals surface area contributed by atoms with Crippen LogP contribution in [0.5, 0.6) is 0 Å². The van der Waals surface area contributed by atoms with Crippen LogP contribution >= 0.6 is 11.3 Å². The molecule has 18 heavy (non-hydrogen) atoms. The van der Waals surface area contributed by atoms with Gasteiger partial charge in [-0.25, -0.2) is 22.0 Å². The van der Waals surface area contributed by atoms with Crippen LogP contribution < -0.4 is 5.14 Å². The molecular weight excluding hydrogens is 300 g/mol. The van der Waals surface area contributed by atoms with Crippen LogP contribution in [-0.4, -0.2) is 39.9 Å². The summed E-state index contributed by atoms with van der Waals surface area (Å²) in [5, 5.41) is 14.0. The Morgan fingerprint density at radius 2 is 2.11 bits per heavy atom. The smallest absolute Gasteiger partial charge is 0.274 e. The van der Waals surface area contributed by atoms with Gasteiger partial charge in [0, 0.05) is 12.6 Å². The Morgan fingerprint density at radius 3 is 2.61 bits per heavy atom. The standard InChI is InChI=1S/C8H10N2O5S3/c1-10-6(4-11)2-5-3-7(17(9,12)13)16-8(5)18(10,14)15/h2-3,11H,4H2,1H3,(H2,9,12,13). The second-order valence-corrected chi connectivity index (χ2v) is 8.62. The molecule has 7 nitrogen and oxygen atoms in total. The van der Waals surface area contributed by atoms with Crippen molar-refractivity contribution in [2.24, 2.45) is 5.14 Å². The molecule has 0 spiro atoms. The molecule has 0 aromatic carbocycles. The number of thiophene rings is 1. The minimum absolute atomic E-state index is 0.0915. The van der Waals surface area contributed by atoms with E-state index in [-0.39, 0.29) is 19.7 Å². The van der Waals surface area contributed by atoms with Gasteiger partial charge in [-0.2, -0.15) is 0 Å². The van der Waals surface area contributed by atoms with E-state index in [1.165, 1.54) is 19.2 Å². The number of rotatable bonds is 2. The van der Waals surface area contributed by atoms with E-state index in [1.807, 2.05) is 0 Å². The summed E-state index contributed by atoms with van der Waals surface area (Å²) in [7, 11) is -6.47. The van der Waals surface area contributed by atoms with Crippen molar-refractivity contribution in [2.45, 2.75) is 8.42 Å². The predicted molar refractivity (Wildman–Crippen MR) is 65.7 cm³/mol. The van der Waals surface area contributed by atoms with Crippen molar-refractivity contribution in [3.05, 3.63) is 17.3 Å². The molecule has 0 unspecified atom stereocenters. The highest BCUT2D eigenvalue weighted by atomic mass is 32.3. The van der Waals surface area contributed by atoms with E-state index in [2.05, 4.69) is 0 Å². The predicted octanol–water partition coefficient (Wildman–Crippen LogP) is -0.637. The van der Waals surface area contributed by atoms with Crippen molar-refractivity contribution < 1.29 is 21.9 Å². The number of hydrogen-bond donors (Lipinski definition) is 2. The average molecular weight is 310 g/mol. The second kappa shape index (κ2) is 4.03. The lowest BCUT2D eigenvalue weighted by atomic mass is 10.3. The van der Waals surface area contributed by atoms with Gasteiger partial charge in [0.2, 0.25) is 10.0 Å². The first kappa shape index (κ1) is 13.5. The molecule has 0 aliphatic carbocycles. The summed E-state index contributed by atoms with van der Waals surface area (Å²) < 4.78 is 47.1. The van der Waals surface area contributed by atoms with Gasteiger partial charge in [-0.3, -0.25) is 4.31 Å². The van der Waals surface area contributed by atoms with E-state index >= 15 is 0 Å². The van der Waals surface area contributed by atoms with Crippen LogP contribution in [0.1, 0.15) is 5.56 Å². The summed E-state index contributed by atoms with van der Waals surface area (Å²) in [6.07, 6.45) is 1.42. The Labute approximate surface area is 108 Å². The van der Waals surface area contributed by atoms with E-state index in [0.29, 0.717) is 11.3 Å². The topological polar surface area (TPSA) is 118 Å². The molecule has 0 amide bonds. The number of sulfonamides is 2. The minimum Gasteiger partial charge on any atom is -0.390 e. The maximum Gasteiger partial charge on any atom is 0.274 e. The summed E-state index contributed by atoms with van der Waals surface area (Å²) in [6, 6.07) is 1.19. The number of likely N-dealkylation sites (N-methyl/N-ethyl adjacent to an activating group) is 1. The van der Waals surface area contributed by atoms with Gasteiger partial charge >= 0.3 is 0 Å².